The van der Waals surface area contributed by atoms with Crippen molar-refractivity contribution < 1.29 is 0 Å². The van der Waals surface area contributed by atoms with E-state index < -0.39 is 5.41 Å². The molecule has 0 amide bonds. The molecule has 350 valence electrons. The molecule has 0 fully saturated rings. The summed E-state index contributed by atoms with van der Waals surface area (Å²) in [6, 6.07) is 76.0. The summed E-state index contributed by atoms with van der Waals surface area (Å²) in [6.07, 6.45) is 0. The molecule has 6 heteroatoms. The van der Waals surface area contributed by atoms with E-state index in [1.165, 1.54) is 71.6 Å². The molecule has 1 aliphatic carbocycles. The Morgan fingerprint density at radius 3 is 1.50 bits per heavy atom. The first-order chi connectivity index (χ1) is 35.5. The van der Waals surface area contributed by atoms with Gasteiger partial charge in [0, 0.05) is 32.7 Å². The van der Waals surface area contributed by atoms with Crippen molar-refractivity contribution in [2.45, 2.75) is 53.9 Å². The minimum absolute atomic E-state index is 0.461. The van der Waals surface area contributed by atoms with Crippen LogP contribution in [0.4, 0.5) is 0 Å². The Balaban J connectivity index is 0.000000164. The van der Waals surface area contributed by atoms with Gasteiger partial charge in [-0.25, -0.2) is 0 Å². The van der Waals surface area contributed by atoms with Crippen molar-refractivity contribution in [3.63, 3.8) is 0 Å². The van der Waals surface area contributed by atoms with Gasteiger partial charge in [0.15, 0.2) is 22.9 Å². The lowest BCUT2D eigenvalue weighted by atomic mass is 9.67. The van der Waals surface area contributed by atoms with E-state index in [2.05, 4.69) is 234 Å². The maximum absolute atomic E-state index is 4.87. The fraction of sp³-hybridized carbons (Fsp3) is 0.121. The second-order valence-corrected chi connectivity index (χ2v) is 18.1. The van der Waals surface area contributed by atoms with Crippen molar-refractivity contribution >= 4 is 54.6 Å². The van der Waals surface area contributed by atoms with Gasteiger partial charge < -0.3 is 0 Å². The zero-order valence-corrected chi connectivity index (χ0v) is 41.9. The van der Waals surface area contributed by atoms with Gasteiger partial charge in [0.2, 0.25) is 0 Å². The number of aryl methyl sites for hydroxylation is 3. The number of pyridine rings is 2. The van der Waals surface area contributed by atoms with Gasteiger partial charge in [0.05, 0.1) is 16.4 Å². The highest BCUT2D eigenvalue weighted by Crippen LogP contribution is 2.56. The van der Waals surface area contributed by atoms with E-state index in [9.17, 15) is 0 Å². The number of hydrogen-bond donors (Lipinski definition) is 0. The number of aromatic nitrogens is 6. The summed E-state index contributed by atoms with van der Waals surface area (Å²) in [6.45, 7) is 14.4. The Morgan fingerprint density at radius 1 is 0.347 bits per heavy atom. The molecule has 0 unspecified atom stereocenters. The maximum Gasteiger partial charge on any atom is 0.169 e. The number of hydrogen-bond acceptors (Lipinski definition) is 4. The molecule has 1 aliphatic rings. The first-order valence-electron chi connectivity index (χ1n) is 25.2. The molecule has 4 heterocycles. The lowest BCUT2D eigenvalue weighted by Crippen LogP contribution is -2.28. The molecule has 0 aliphatic heterocycles. The average Bonchev–Trinajstić information content (AvgIpc) is 4.17. The SMILES string of the molecule is CC.CC.Cc1ccc2c(c1)c1c(C)cccc1c1nnc(-c3ccccc3)n21.Cc1ccc2c(c1)c1ccccc1c1nnc(-c3ccc4c(c3)C(c3ccccc3)(c3ccccc3)c3ccccc3-4)n21. The van der Waals surface area contributed by atoms with Gasteiger partial charge in [-0.05, 0) is 101 Å². The summed E-state index contributed by atoms with van der Waals surface area (Å²) < 4.78 is 4.43. The van der Waals surface area contributed by atoms with E-state index in [0.717, 1.165) is 55.9 Å². The van der Waals surface area contributed by atoms with Gasteiger partial charge >= 0.3 is 0 Å². The van der Waals surface area contributed by atoms with Gasteiger partial charge in [0.1, 0.15) is 0 Å². The first kappa shape index (κ1) is 45.7. The van der Waals surface area contributed by atoms with Crippen LogP contribution in [0.15, 0.2) is 212 Å². The fourth-order valence-electron chi connectivity index (χ4n) is 11.1. The Labute approximate surface area is 420 Å². The minimum atomic E-state index is -0.461. The molecule has 9 aromatic carbocycles. The summed E-state index contributed by atoms with van der Waals surface area (Å²) in [5.41, 5.74) is 17.1. The Bertz CT molecular complexity index is 4080. The van der Waals surface area contributed by atoms with E-state index in [4.69, 9.17) is 10.2 Å². The van der Waals surface area contributed by atoms with E-state index in [1.807, 2.05) is 45.9 Å². The molecule has 0 bridgehead atoms. The van der Waals surface area contributed by atoms with Crippen LogP contribution in [0.1, 0.15) is 66.6 Å². The molecule has 14 rings (SSSR count). The minimum Gasteiger partial charge on any atom is -0.274 e. The van der Waals surface area contributed by atoms with Crippen LogP contribution < -0.4 is 0 Å². The number of nitrogens with zero attached hydrogens (tertiary/aromatic N) is 6. The summed E-state index contributed by atoms with van der Waals surface area (Å²) in [5, 5.41) is 25.9. The standard InChI is InChI=1S/C40H27N3.C22H17N3.2C2H6/c1-26-20-23-37-34(24-26)30-16-8-9-18-33(30)39-42-41-38(43(37)39)27-21-22-32-31-17-10-11-19-35(31)40(36(32)25-27,28-12-4-2-5-13-28)29-14-6-3-7-15-29;1-14-11-12-19-18(13-14)20-15(2)7-6-10-17(20)22-24-23-21(25(19)22)16-8-4-3-5-9-16;2*1-2/h2-25H,1H3;3-13H,1-2H3;2*1-2H3. The third kappa shape index (κ3) is 7.16. The molecular weight excluding hydrogens is 877 g/mol. The second-order valence-electron chi connectivity index (χ2n) is 18.1. The van der Waals surface area contributed by atoms with Crippen LogP contribution in [0, 0.1) is 20.8 Å². The molecule has 0 saturated heterocycles. The van der Waals surface area contributed by atoms with Gasteiger partial charge in [-0.15, -0.1) is 20.4 Å². The van der Waals surface area contributed by atoms with Crippen LogP contribution in [0.2, 0.25) is 0 Å². The largest absolute Gasteiger partial charge is 0.274 e. The van der Waals surface area contributed by atoms with Crippen LogP contribution >= 0.6 is 0 Å². The fourth-order valence-corrected chi connectivity index (χ4v) is 11.1. The molecule has 0 saturated carbocycles. The van der Waals surface area contributed by atoms with Crippen molar-refractivity contribution in [2.75, 3.05) is 0 Å². The van der Waals surface area contributed by atoms with Crippen molar-refractivity contribution in [2.24, 2.45) is 0 Å². The van der Waals surface area contributed by atoms with Crippen molar-refractivity contribution in [1.82, 2.24) is 29.2 Å². The smallest absolute Gasteiger partial charge is 0.169 e. The summed E-state index contributed by atoms with van der Waals surface area (Å²) in [7, 11) is 0. The summed E-state index contributed by atoms with van der Waals surface area (Å²) in [4.78, 5) is 0. The molecule has 13 aromatic rings. The van der Waals surface area contributed by atoms with E-state index >= 15 is 0 Å². The number of benzene rings is 9. The molecule has 0 atom stereocenters. The molecule has 0 radical (unpaired) electrons. The van der Waals surface area contributed by atoms with E-state index in [1.54, 1.807) is 0 Å². The predicted octanol–water partition coefficient (Wildman–Crippen LogP) is 16.7. The van der Waals surface area contributed by atoms with E-state index in [0.29, 0.717) is 0 Å². The topological polar surface area (TPSA) is 60.4 Å². The highest BCUT2D eigenvalue weighted by Gasteiger charge is 2.46. The zero-order chi connectivity index (χ0) is 49.5. The van der Waals surface area contributed by atoms with E-state index in [-0.39, 0.29) is 0 Å². The lowest BCUT2D eigenvalue weighted by molar-refractivity contribution is 0.768. The van der Waals surface area contributed by atoms with Crippen molar-refractivity contribution in [3.05, 3.63) is 251 Å². The second kappa shape index (κ2) is 18.9. The molecule has 0 N–H and O–H groups in total. The first-order valence-corrected chi connectivity index (χ1v) is 25.2. The molecule has 0 spiro atoms. The Morgan fingerprint density at radius 2 is 0.847 bits per heavy atom. The van der Waals surface area contributed by atoms with Crippen molar-refractivity contribution in [3.8, 4) is 33.9 Å². The molecular formula is C66H56N6. The summed E-state index contributed by atoms with van der Waals surface area (Å²) >= 11 is 0. The third-order valence-corrected chi connectivity index (χ3v) is 14.1. The van der Waals surface area contributed by atoms with Crippen LogP contribution in [-0.2, 0) is 5.41 Å². The Kier molecular flexibility index (Phi) is 12.0. The van der Waals surface area contributed by atoms with Crippen LogP contribution in [0.25, 0.3) is 88.5 Å². The van der Waals surface area contributed by atoms with Gasteiger partial charge in [-0.2, -0.15) is 0 Å². The number of rotatable bonds is 4. The van der Waals surface area contributed by atoms with Gasteiger partial charge in [-0.1, -0.05) is 221 Å². The van der Waals surface area contributed by atoms with Gasteiger partial charge in [0.25, 0.3) is 0 Å². The maximum atomic E-state index is 4.87. The zero-order valence-electron chi connectivity index (χ0n) is 41.9. The number of fused-ring (bicyclic) bond motifs is 15. The van der Waals surface area contributed by atoms with Crippen LogP contribution in [0.5, 0.6) is 0 Å². The Hall–Kier alpha value is -8.74. The van der Waals surface area contributed by atoms with Crippen LogP contribution in [0.3, 0.4) is 0 Å². The monoisotopic (exact) mass is 932 g/mol. The highest BCUT2D eigenvalue weighted by molar-refractivity contribution is 6.14. The molecule has 4 aromatic heterocycles. The molecule has 6 nitrogen and oxygen atoms in total. The molecule has 72 heavy (non-hydrogen) atoms. The lowest BCUT2D eigenvalue weighted by Gasteiger charge is -2.34. The highest BCUT2D eigenvalue weighted by atomic mass is 15.3. The quantitative estimate of drug-likeness (QED) is 0.165. The normalized spacial score (nSPS) is 12.2. The van der Waals surface area contributed by atoms with Crippen LogP contribution in [-0.4, -0.2) is 29.2 Å². The summed E-state index contributed by atoms with van der Waals surface area (Å²) in [5.74, 6) is 1.73. The predicted molar refractivity (Wildman–Crippen MR) is 301 cm³/mol. The average molecular weight is 933 g/mol. The van der Waals surface area contributed by atoms with Crippen molar-refractivity contribution in [1.29, 1.82) is 0 Å². The third-order valence-electron chi connectivity index (χ3n) is 14.1. The van der Waals surface area contributed by atoms with Gasteiger partial charge in [-0.3, -0.25) is 8.80 Å².